The van der Waals surface area contributed by atoms with Gasteiger partial charge in [0, 0.05) is 17.9 Å². The average molecular weight is 344 g/mol. The standard InChI is InChI=1S/C19H24N2O2S/c1-5-14-20-16-8-10-17(11-9-16)21-24(22,23)18-12-6-15(7-13-18)19(2,3)4/h5-13,20-21H,1,14H2,2-4H3. The molecular formula is C19H24N2O2S. The molecule has 5 heteroatoms. The lowest BCUT2D eigenvalue weighted by molar-refractivity contribution is 0.587. The summed E-state index contributed by atoms with van der Waals surface area (Å²) in [5.41, 5.74) is 2.52. The topological polar surface area (TPSA) is 58.2 Å². The molecule has 0 saturated heterocycles. The molecule has 0 bridgehead atoms. The van der Waals surface area contributed by atoms with E-state index in [1.165, 1.54) is 0 Å². The van der Waals surface area contributed by atoms with Crippen molar-refractivity contribution in [2.45, 2.75) is 31.1 Å². The Morgan fingerprint density at radius 1 is 0.958 bits per heavy atom. The molecule has 2 rings (SSSR count). The van der Waals surface area contributed by atoms with E-state index < -0.39 is 10.0 Å². The number of hydrogen-bond acceptors (Lipinski definition) is 3. The van der Waals surface area contributed by atoms with Gasteiger partial charge in [-0.2, -0.15) is 0 Å². The van der Waals surface area contributed by atoms with Crippen LogP contribution in [0.3, 0.4) is 0 Å². The fraction of sp³-hybridized carbons (Fsp3) is 0.263. The van der Waals surface area contributed by atoms with Gasteiger partial charge in [0.25, 0.3) is 10.0 Å². The van der Waals surface area contributed by atoms with E-state index in [9.17, 15) is 8.42 Å². The molecule has 24 heavy (non-hydrogen) atoms. The summed E-state index contributed by atoms with van der Waals surface area (Å²) in [7, 11) is -3.59. The largest absolute Gasteiger partial charge is 0.382 e. The summed E-state index contributed by atoms with van der Waals surface area (Å²) in [4.78, 5) is 0.254. The Balaban J connectivity index is 2.14. The molecule has 2 aromatic carbocycles. The van der Waals surface area contributed by atoms with Crippen molar-refractivity contribution < 1.29 is 8.42 Å². The lowest BCUT2D eigenvalue weighted by atomic mass is 9.87. The molecule has 0 aliphatic rings. The van der Waals surface area contributed by atoms with Crippen LogP contribution >= 0.6 is 0 Å². The molecule has 0 aromatic heterocycles. The van der Waals surface area contributed by atoms with E-state index in [0.717, 1.165) is 11.3 Å². The minimum Gasteiger partial charge on any atom is -0.382 e. The molecule has 2 N–H and O–H groups in total. The van der Waals surface area contributed by atoms with Crippen LogP contribution in [0.4, 0.5) is 11.4 Å². The molecule has 4 nitrogen and oxygen atoms in total. The maximum absolute atomic E-state index is 12.5. The Hall–Kier alpha value is -2.27. The van der Waals surface area contributed by atoms with Crippen LogP contribution in [0, 0.1) is 0 Å². The average Bonchev–Trinajstić information content (AvgIpc) is 2.53. The number of rotatable bonds is 6. The van der Waals surface area contributed by atoms with Gasteiger partial charge in [-0.25, -0.2) is 8.42 Å². The molecule has 2 aromatic rings. The summed E-state index contributed by atoms with van der Waals surface area (Å²) in [6, 6.07) is 14.1. The molecular weight excluding hydrogens is 320 g/mol. The second kappa shape index (κ2) is 7.09. The number of hydrogen-bond donors (Lipinski definition) is 2. The van der Waals surface area contributed by atoms with Crippen molar-refractivity contribution in [2.24, 2.45) is 0 Å². The summed E-state index contributed by atoms with van der Waals surface area (Å²) in [5.74, 6) is 0. The smallest absolute Gasteiger partial charge is 0.261 e. The third-order valence-corrected chi connectivity index (χ3v) is 5.02. The lowest BCUT2D eigenvalue weighted by Gasteiger charge is -2.19. The van der Waals surface area contributed by atoms with Gasteiger partial charge in [-0.3, -0.25) is 4.72 Å². The van der Waals surface area contributed by atoms with E-state index in [2.05, 4.69) is 37.4 Å². The summed E-state index contributed by atoms with van der Waals surface area (Å²) in [5, 5.41) is 3.14. The van der Waals surface area contributed by atoms with Gasteiger partial charge in [0.1, 0.15) is 0 Å². The molecule has 0 aliphatic carbocycles. The zero-order valence-electron chi connectivity index (χ0n) is 14.3. The Kier molecular flexibility index (Phi) is 5.34. The monoisotopic (exact) mass is 344 g/mol. The van der Waals surface area contributed by atoms with Crippen LogP contribution in [0.25, 0.3) is 0 Å². The Morgan fingerprint density at radius 3 is 2.00 bits per heavy atom. The predicted octanol–water partition coefficient (Wildman–Crippen LogP) is 4.38. The maximum atomic E-state index is 12.5. The van der Waals surface area contributed by atoms with Crippen LogP contribution in [-0.4, -0.2) is 15.0 Å². The summed E-state index contributed by atoms with van der Waals surface area (Å²) in [6.45, 7) is 10.6. The Labute approximate surface area is 144 Å². The third-order valence-electron chi connectivity index (χ3n) is 3.62. The van der Waals surface area contributed by atoms with Crippen molar-refractivity contribution in [3.05, 3.63) is 66.7 Å². The van der Waals surface area contributed by atoms with E-state index in [1.807, 2.05) is 24.3 Å². The van der Waals surface area contributed by atoms with Gasteiger partial charge in [-0.05, 0) is 47.4 Å². The number of sulfonamides is 1. The highest BCUT2D eigenvalue weighted by molar-refractivity contribution is 7.92. The summed E-state index contributed by atoms with van der Waals surface area (Å²) < 4.78 is 27.6. The quantitative estimate of drug-likeness (QED) is 0.765. The second-order valence-corrected chi connectivity index (χ2v) is 8.31. The molecule has 0 fully saturated rings. The number of anilines is 2. The molecule has 0 amide bonds. The molecule has 0 radical (unpaired) electrons. The highest BCUT2D eigenvalue weighted by Crippen LogP contribution is 2.24. The predicted molar refractivity (Wildman–Crippen MR) is 101 cm³/mol. The Bertz CT molecular complexity index is 787. The van der Waals surface area contributed by atoms with Crippen LogP contribution in [0.15, 0.2) is 66.1 Å². The minimum atomic E-state index is -3.59. The fourth-order valence-electron chi connectivity index (χ4n) is 2.19. The molecule has 0 saturated carbocycles. The first-order valence-electron chi connectivity index (χ1n) is 7.80. The van der Waals surface area contributed by atoms with Gasteiger partial charge in [0.05, 0.1) is 4.90 Å². The normalized spacial score (nSPS) is 11.8. The van der Waals surface area contributed by atoms with Crippen molar-refractivity contribution in [3.8, 4) is 0 Å². The highest BCUT2D eigenvalue weighted by atomic mass is 32.2. The van der Waals surface area contributed by atoms with Crippen molar-refractivity contribution >= 4 is 21.4 Å². The first-order valence-corrected chi connectivity index (χ1v) is 9.29. The van der Waals surface area contributed by atoms with Gasteiger partial charge in [0.15, 0.2) is 0 Å². The lowest BCUT2D eigenvalue weighted by Crippen LogP contribution is -2.14. The van der Waals surface area contributed by atoms with E-state index in [1.54, 1.807) is 30.3 Å². The molecule has 0 spiro atoms. The van der Waals surface area contributed by atoms with Crippen LogP contribution in [0.5, 0.6) is 0 Å². The fourth-order valence-corrected chi connectivity index (χ4v) is 3.25. The van der Waals surface area contributed by atoms with Crippen molar-refractivity contribution in [1.82, 2.24) is 0 Å². The first-order chi connectivity index (χ1) is 11.2. The first kappa shape index (κ1) is 18.1. The molecule has 0 atom stereocenters. The molecule has 0 unspecified atom stereocenters. The molecule has 128 valence electrons. The van der Waals surface area contributed by atoms with Gasteiger partial charge in [-0.15, -0.1) is 6.58 Å². The maximum Gasteiger partial charge on any atom is 0.261 e. The van der Waals surface area contributed by atoms with Crippen molar-refractivity contribution in [2.75, 3.05) is 16.6 Å². The zero-order valence-corrected chi connectivity index (χ0v) is 15.2. The third kappa shape index (κ3) is 4.61. The number of nitrogens with one attached hydrogen (secondary N) is 2. The SMILES string of the molecule is C=CCNc1ccc(NS(=O)(=O)c2ccc(C(C)(C)C)cc2)cc1. The van der Waals surface area contributed by atoms with Gasteiger partial charge in [0.2, 0.25) is 0 Å². The highest BCUT2D eigenvalue weighted by Gasteiger charge is 2.17. The van der Waals surface area contributed by atoms with Gasteiger partial charge < -0.3 is 5.32 Å². The second-order valence-electron chi connectivity index (χ2n) is 6.63. The van der Waals surface area contributed by atoms with E-state index >= 15 is 0 Å². The van der Waals surface area contributed by atoms with Crippen molar-refractivity contribution in [1.29, 1.82) is 0 Å². The number of benzene rings is 2. The van der Waals surface area contributed by atoms with E-state index in [-0.39, 0.29) is 10.3 Å². The zero-order chi connectivity index (χ0) is 17.8. The molecule has 0 aliphatic heterocycles. The van der Waals surface area contributed by atoms with E-state index in [4.69, 9.17) is 0 Å². The van der Waals surface area contributed by atoms with Crippen LogP contribution in [-0.2, 0) is 15.4 Å². The van der Waals surface area contributed by atoms with Gasteiger partial charge >= 0.3 is 0 Å². The van der Waals surface area contributed by atoms with Gasteiger partial charge in [-0.1, -0.05) is 39.0 Å². The van der Waals surface area contributed by atoms with Crippen LogP contribution < -0.4 is 10.0 Å². The van der Waals surface area contributed by atoms with Crippen LogP contribution in [0.2, 0.25) is 0 Å². The summed E-state index contributed by atoms with van der Waals surface area (Å²) in [6.07, 6.45) is 1.76. The van der Waals surface area contributed by atoms with Crippen molar-refractivity contribution in [3.63, 3.8) is 0 Å². The molecule has 0 heterocycles. The summed E-state index contributed by atoms with van der Waals surface area (Å²) >= 11 is 0. The minimum absolute atomic E-state index is 0.00993. The Morgan fingerprint density at radius 2 is 1.50 bits per heavy atom. The van der Waals surface area contributed by atoms with Crippen LogP contribution in [0.1, 0.15) is 26.3 Å². The van der Waals surface area contributed by atoms with E-state index in [0.29, 0.717) is 12.2 Å².